The first kappa shape index (κ1) is 19.2. The number of nitrogens with zero attached hydrogens (tertiary/aromatic N) is 1. The fourth-order valence-electron chi connectivity index (χ4n) is 3.25. The lowest BCUT2D eigenvalue weighted by Crippen LogP contribution is -2.16. The molecular weight excluding hydrogens is 479 g/mol. The molecule has 0 bridgehead atoms. The average molecular weight is 498 g/mol. The van der Waals surface area contributed by atoms with Crippen molar-refractivity contribution in [2.45, 2.75) is 24.3 Å². The minimum Gasteiger partial charge on any atom is -0.301 e. The zero-order valence-electron chi connectivity index (χ0n) is 15.4. The van der Waals surface area contributed by atoms with Crippen molar-refractivity contribution >= 4 is 45.1 Å². The summed E-state index contributed by atoms with van der Waals surface area (Å²) in [5.41, 5.74) is 4.40. The lowest BCUT2D eigenvalue weighted by molar-refractivity contribution is 0.867. The van der Waals surface area contributed by atoms with E-state index in [1.54, 1.807) is 11.8 Å². The molecule has 3 nitrogen and oxygen atoms in total. The van der Waals surface area contributed by atoms with E-state index in [9.17, 15) is 4.79 Å². The van der Waals surface area contributed by atoms with E-state index in [1.807, 2.05) is 12.1 Å². The second-order valence-electron chi connectivity index (χ2n) is 6.72. The number of rotatable bonds is 5. The zero-order valence-corrected chi connectivity index (χ0v) is 18.4. The van der Waals surface area contributed by atoms with Crippen LogP contribution >= 0.6 is 34.4 Å². The second kappa shape index (κ2) is 8.49. The van der Waals surface area contributed by atoms with Crippen molar-refractivity contribution in [1.82, 2.24) is 9.97 Å². The van der Waals surface area contributed by atoms with Crippen molar-refractivity contribution < 1.29 is 0 Å². The summed E-state index contributed by atoms with van der Waals surface area (Å²) in [6.45, 7) is 2.08. The van der Waals surface area contributed by atoms with Gasteiger partial charge in [-0.3, -0.25) is 4.79 Å². The van der Waals surface area contributed by atoms with Gasteiger partial charge in [0.05, 0.1) is 5.69 Å². The lowest BCUT2D eigenvalue weighted by atomic mass is 10.0. The second-order valence-corrected chi connectivity index (χ2v) is 8.77. The van der Waals surface area contributed by atoms with E-state index in [1.165, 1.54) is 27.5 Å². The summed E-state index contributed by atoms with van der Waals surface area (Å²) in [5, 5.41) is 3.08. The smallest absolute Gasteiger partial charge is 0.265 e. The molecule has 0 atom stereocenters. The Balaban J connectivity index is 1.63. The van der Waals surface area contributed by atoms with Crippen LogP contribution in [0, 0.1) is 10.5 Å². The molecule has 0 fully saturated rings. The molecule has 4 rings (SSSR count). The van der Waals surface area contributed by atoms with Gasteiger partial charge >= 0.3 is 0 Å². The third-order valence-electron chi connectivity index (χ3n) is 4.61. The fraction of sp³-hybridized carbons (Fsp3) is 0.130. The topological polar surface area (TPSA) is 45.8 Å². The molecule has 0 unspecified atom stereocenters. The van der Waals surface area contributed by atoms with Gasteiger partial charge in [-0.15, -0.1) is 0 Å². The highest BCUT2D eigenvalue weighted by Crippen LogP contribution is 2.24. The number of halogens is 1. The maximum absolute atomic E-state index is 12.5. The molecule has 0 aliphatic rings. The Morgan fingerprint density at radius 3 is 2.68 bits per heavy atom. The number of hydrogen-bond donors (Lipinski definition) is 1. The Hall–Kier alpha value is -2.12. The highest BCUT2D eigenvalue weighted by molar-refractivity contribution is 14.1. The molecular formula is C23H19IN2OS. The van der Waals surface area contributed by atoms with Crippen LogP contribution in [0.15, 0.2) is 76.7 Å². The number of hydrogen-bond acceptors (Lipinski definition) is 3. The first-order valence-electron chi connectivity index (χ1n) is 9.04. The molecule has 0 radical (unpaired) electrons. The molecule has 0 aliphatic heterocycles. The standard InChI is InChI=1S/C23H19IN2OS/c1-15-6-4-7-16(12-15)14-28-23-25-20(21(24)22(27)26-23)13-18-10-5-9-17-8-2-3-11-19(17)18/h2-12H,13-14H2,1H3,(H,25,26,27). The van der Waals surface area contributed by atoms with Crippen LogP contribution in [0.4, 0.5) is 0 Å². The van der Waals surface area contributed by atoms with Gasteiger partial charge in [-0.1, -0.05) is 84.1 Å². The van der Waals surface area contributed by atoms with E-state index < -0.39 is 0 Å². The minimum atomic E-state index is -0.0717. The number of H-pyrrole nitrogens is 1. The monoisotopic (exact) mass is 498 g/mol. The van der Waals surface area contributed by atoms with Gasteiger partial charge < -0.3 is 4.98 Å². The molecule has 1 aromatic heterocycles. The van der Waals surface area contributed by atoms with Crippen molar-refractivity contribution in [3.05, 3.63) is 103 Å². The van der Waals surface area contributed by atoms with E-state index >= 15 is 0 Å². The molecule has 1 heterocycles. The summed E-state index contributed by atoms with van der Waals surface area (Å²) in [7, 11) is 0. The Bertz CT molecular complexity index is 1200. The summed E-state index contributed by atoms with van der Waals surface area (Å²) in [6, 6.07) is 23.0. The number of aromatic nitrogens is 2. The van der Waals surface area contributed by atoms with Crippen LogP contribution in [-0.2, 0) is 12.2 Å². The maximum Gasteiger partial charge on any atom is 0.265 e. The minimum absolute atomic E-state index is 0.0717. The average Bonchev–Trinajstić information content (AvgIpc) is 2.70. The third kappa shape index (κ3) is 4.31. The number of fused-ring (bicyclic) bond motifs is 1. The van der Waals surface area contributed by atoms with Gasteiger partial charge in [-0.25, -0.2) is 4.98 Å². The molecule has 0 spiro atoms. The van der Waals surface area contributed by atoms with E-state index in [-0.39, 0.29) is 5.56 Å². The first-order valence-corrected chi connectivity index (χ1v) is 11.1. The van der Waals surface area contributed by atoms with Gasteiger partial charge in [0.1, 0.15) is 3.57 Å². The van der Waals surface area contributed by atoms with Crippen molar-refractivity contribution in [2.75, 3.05) is 0 Å². The number of aromatic amines is 1. The largest absolute Gasteiger partial charge is 0.301 e. The Labute approximate surface area is 181 Å². The van der Waals surface area contributed by atoms with Crippen LogP contribution in [-0.4, -0.2) is 9.97 Å². The molecule has 140 valence electrons. The molecule has 1 N–H and O–H groups in total. The Kier molecular flexibility index (Phi) is 5.82. The van der Waals surface area contributed by atoms with Crippen molar-refractivity contribution in [3.63, 3.8) is 0 Å². The van der Waals surface area contributed by atoms with Crippen molar-refractivity contribution in [1.29, 1.82) is 0 Å². The molecule has 0 aliphatic carbocycles. The molecule has 5 heteroatoms. The van der Waals surface area contributed by atoms with Crippen LogP contribution in [0.3, 0.4) is 0 Å². The fourth-order valence-corrected chi connectivity index (χ4v) is 4.52. The Morgan fingerprint density at radius 1 is 1.04 bits per heavy atom. The number of nitrogens with one attached hydrogen (secondary N) is 1. The van der Waals surface area contributed by atoms with Crippen molar-refractivity contribution in [3.8, 4) is 0 Å². The SMILES string of the molecule is Cc1cccc(CSc2nc(Cc3cccc4ccccc34)c(I)c(=O)[nH]2)c1. The highest BCUT2D eigenvalue weighted by Gasteiger charge is 2.12. The van der Waals surface area contributed by atoms with Crippen LogP contribution in [0.5, 0.6) is 0 Å². The number of benzene rings is 3. The van der Waals surface area contributed by atoms with E-state index in [4.69, 9.17) is 4.98 Å². The molecule has 0 saturated heterocycles. The van der Waals surface area contributed by atoms with Crippen LogP contribution < -0.4 is 5.56 Å². The molecule has 3 aromatic carbocycles. The van der Waals surface area contributed by atoms with E-state index in [0.717, 1.165) is 11.4 Å². The quantitative estimate of drug-likeness (QED) is 0.218. The predicted octanol–water partition coefficient (Wildman–Crippen LogP) is 5.72. The number of aryl methyl sites for hydroxylation is 1. The number of thioether (sulfide) groups is 1. The van der Waals surface area contributed by atoms with Gasteiger partial charge in [-0.2, -0.15) is 0 Å². The van der Waals surface area contributed by atoms with Crippen LogP contribution in [0.2, 0.25) is 0 Å². The maximum atomic E-state index is 12.5. The predicted molar refractivity (Wildman–Crippen MR) is 125 cm³/mol. The highest BCUT2D eigenvalue weighted by atomic mass is 127. The molecule has 4 aromatic rings. The Morgan fingerprint density at radius 2 is 1.82 bits per heavy atom. The van der Waals surface area contributed by atoms with Gasteiger partial charge in [0.25, 0.3) is 5.56 Å². The summed E-state index contributed by atoms with van der Waals surface area (Å²) in [4.78, 5) is 20.1. The van der Waals surface area contributed by atoms with Gasteiger partial charge in [-0.05, 0) is 51.4 Å². The molecule has 0 amide bonds. The van der Waals surface area contributed by atoms with Crippen LogP contribution in [0.25, 0.3) is 10.8 Å². The zero-order chi connectivity index (χ0) is 19.5. The third-order valence-corrected chi connectivity index (χ3v) is 6.66. The summed E-state index contributed by atoms with van der Waals surface area (Å²) in [6.07, 6.45) is 0.640. The summed E-state index contributed by atoms with van der Waals surface area (Å²) < 4.78 is 0.658. The van der Waals surface area contributed by atoms with Crippen LogP contribution in [0.1, 0.15) is 22.4 Å². The van der Waals surface area contributed by atoms with E-state index in [0.29, 0.717) is 15.1 Å². The summed E-state index contributed by atoms with van der Waals surface area (Å²) >= 11 is 3.66. The van der Waals surface area contributed by atoms with Crippen molar-refractivity contribution in [2.24, 2.45) is 0 Å². The first-order chi connectivity index (χ1) is 13.6. The summed E-state index contributed by atoms with van der Waals surface area (Å²) in [5.74, 6) is 0.777. The molecule has 0 saturated carbocycles. The normalized spacial score (nSPS) is 11.1. The lowest BCUT2D eigenvalue weighted by Gasteiger charge is -2.09. The van der Waals surface area contributed by atoms with E-state index in [2.05, 4.69) is 89.1 Å². The van der Waals surface area contributed by atoms with Gasteiger partial charge in [0, 0.05) is 12.2 Å². The molecule has 28 heavy (non-hydrogen) atoms. The van der Waals surface area contributed by atoms with Gasteiger partial charge in [0.15, 0.2) is 5.16 Å². The van der Waals surface area contributed by atoms with Gasteiger partial charge in [0.2, 0.25) is 0 Å².